The predicted molar refractivity (Wildman–Crippen MR) is 87.1 cm³/mol. The molecule has 108 valence electrons. The topological polar surface area (TPSA) is 46.2 Å². The number of sulfone groups is 1. The zero-order valence-electron chi connectivity index (χ0n) is 11.7. The SMILES string of the molecule is O=S1(=O)c2ccccc2Nc2cccc(-c3ccccc3)c21. The Morgan fingerprint density at radius 3 is 2.18 bits per heavy atom. The molecule has 0 unspecified atom stereocenters. The molecule has 3 aromatic rings. The fourth-order valence-electron chi connectivity index (χ4n) is 2.83. The predicted octanol–water partition coefficient (Wildman–Crippen LogP) is 4.24. The molecular formula is C18H13NO2S. The lowest BCUT2D eigenvalue weighted by Crippen LogP contribution is -2.14. The summed E-state index contributed by atoms with van der Waals surface area (Å²) >= 11 is 0. The third kappa shape index (κ3) is 1.84. The van der Waals surface area contributed by atoms with Crippen LogP contribution in [-0.4, -0.2) is 8.42 Å². The number of para-hydroxylation sites is 1. The van der Waals surface area contributed by atoms with Crippen molar-refractivity contribution in [3.8, 4) is 11.1 Å². The van der Waals surface area contributed by atoms with Gasteiger partial charge in [-0.2, -0.15) is 0 Å². The summed E-state index contributed by atoms with van der Waals surface area (Å²) in [5, 5.41) is 3.23. The van der Waals surface area contributed by atoms with E-state index < -0.39 is 9.84 Å². The van der Waals surface area contributed by atoms with Gasteiger partial charge in [-0.3, -0.25) is 0 Å². The van der Waals surface area contributed by atoms with Crippen molar-refractivity contribution in [2.75, 3.05) is 5.32 Å². The third-order valence-electron chi connectivity index (χ3n) is 3.81. The first-order chi connectivity index (χ1) is 10.7. The Morgan fingerprint density at radius 2 is 1.36 bits per heavy atom. The lowest BCUT2D eigenvalue weighted by molar-refractivity contribution is 0.596. The molecule has 3 aromatic carbocycles. The highest BCUT2D eigenvalue weighted by molar-refractivity contribution is 7.92. The number of rotatable bonds is 1. The van der Waals surface area contributed by atoms with E-state index in [0.29, 0.717) is 21.2 Å². The van der Waals surface area contributed by atoms with Crippen LogP contribution in [0.25, 0.3) is 11.1 Å². The van der Waals surface area contributed by atoms with Crippen LogP contribution in [0.15, 0.2) is 82.6 Å². The molecule has 0 amide bonds. The fraction of sp³-hybridized carbons (Fsp3) is 0. The largest absolute Gasteiger partial charge is 0.353 e. The molecule has 0 fully saturated rings. The van der Waals surface area contributed by atoms with Crippen LogP contribution in [0, 0.1) is 0 Å². The van der Waals surface area contributed by atoms with Crippen LogP contribution in [0.1, 0.15) is 0 Å². The second kappa shape index (κ2) is 4.71. The van der Waals surface area contributed by atoms with Crippen molar-refractivity contribution in [3.63, 3.8) is 0 Å². The van der Waals surface area contributed by atoms with Gasteiger partial charge in [0, 0.05) is 5.56 Å². The van der Waals surface area contributed by atoms with Gasteiger partial charge in [-0.25, -0.2) is 8.42 Å². The monoisotopic (exact) mass is 307 g/mol. The van der Waals surface area contributed by atoms with Crippen molar-refractivity contribution < 1.29 is 8.42 Å². The molecule has 1 heterocycles. The molecule has 0 aromatic heterocycles. The highest BCUT2D eigenvalue weighted by Gasteiger charge is 2.31. The molecule has 22 heavy (non-hydrogen) atoms. The molecule has 0 radical (unpaired) electrons. The lowest BCUT2D eigenvalue weighted by atomic mass is 10.0. The second-order valence-corrected chi connectivity index (χ2v) is 7.03. The smallest absolute Gasteiger partial charge is 0.211 e. The molecule has 3 nitrogen and oxygen atoms in total. The molecule has 0 atom stereocenters. The van der Waals surface area contributed by atoms with Crippen LogP contribution in [0.2, 0.25) is 0 Å². The Balaban J connectivity index is 2.04. The van der Waals surface area contributed by atoms with E-state index in [1.165, 1.54) is 0 Å². The van der Waals surface area contributed by atoms with Crippen LogP contribution in [0.3, 0.4) is 0 Å². The molecular weight excluding hydrogens is 294 g/mol. The Kier molecular flexibility index (Phi) is 2.81. The lowest BCUT2D eigenvalue weighted by Gasteiger charge is -2.23. The first kappa shape index (κ1) is 13.1. The Hall–Kier alpha value is -2.59. The van der Waals surface area contributed by atoms with Gasteiger partial charge in [0.05, 0.1) is 16.3 Å². The minimum Gasteiger partial charge on any atom is -0.353 e. The zero-order chi connectivity index (χ0) is 15.2. The van der Waals surface area contributed by atoms with Crippen molar-refractivity contribution in [2.24, 2.45) is 0 Å². The van der Waals surface area contributed by atoms with Crippen LogP contribution in [0.4, 0.5) is 11.4 Å². The molecule has 0 bridgehead atoms. The Morgan fingerprint density at radius 1 is 0.682 bits per heavy atom. The van der Waals surface area contributed by atoms with Gasteiger partial charge in [0.1, 0.15) is 4.90 Å². The summed E-state index contributed by atoms with van der Waals surface area (Å²) in [6.45, 7) is 0. The molecule has 1 N–H and O–H groups in total. The average molecular weight is 307 g/mol. The first-order valence-electron chi connectivity index (χ1n) is 6.97. The summed E-state index contributed by atoms with van der Waals surface area (Å²) in [7, 11) is -3.54. The quantitative estimate of drug-likeness (QED) is 0.572. The molecule has 1 aliphatic rings. The van der Waals surface area contributed by atoms with Gasteiger partial charge in [-0.1, -0.05) is 54.6 Å². The van der Waals surface area contributed by atoms with Crippen molar-refractivity contribution in [2.45, 2.75) is 9.79 Å². The summed E-state index contributed by atoms with van der Waals surface area (Å²) in [5.41, 5.74) is 2.87. The molecule has 0 aliphatic carbocycles. The van der Waals surface area contributed by atoms with Gasteiger partial charge in [-0.15, -0.1) is 0 Å². The van der Waals surface area contributed by atoms with E-state index in [9.17, 15) is 8.42 Å². The van der Waals surface area contributed by atoms with E-state index >= 15 is 0 Å². The number of benzene rings is 3. The minimum atomic E-state index is -3.54. The molecule has 4 heteroatoms. The standard InChI is InChI=1S/C18H13NO2S/c20-22(21)17-12-5-4-10-15(17)19-16-11-6-9-14(18(16)22)13-7-2-1-3-8-13/h1-12,19H. The number of hydrogen-bond donors (Lipinski definition) is 1. The molecule has 0 saturated carbocycles. The number of fused-ring (bicyclic) bond motifs is 2. The van der Waals surface area contributed by atoms with Crippen LogP contribution in [0.5, 0.6) is 0 Å². The maximum atomic E-state index is 13.0. The Bertz CT molecular complexity index is 963. The number of hydrogen-bond acceptors (Lipinski definition) is 3. The van der Waals surface area contributed by atoms with Gasteiger partial charge in [0.2, 0.25) is 9.84 Å². The third-order valence-corrected chi connectivity index (χ3v) is 5.73. The summed E-state index contributed by atoms with van der Waals surface area (Å²) < 4.78 is 26.1. The molecule has 1 aliphatic heterocycles. The van der Waals surface area contributed by atoms with Gasteiger partial charge >= 0.3 is 0 Å². The number of nitrogens with one attached hydrogen (secondary N) is 1. The summed E-state index contributed by atoms with van der Waals surface area (Å²) in [6, 6.07) is 22.1. The van der Waals surface area contributed by atoms with Crippen molar-refractivity contribution >= 4 is 21.2 Å². The van der Waals surface area contributed by atoms with Gasteiger partial charge in [0.15, 0.2) is 0 Å². The first-order valence-corrected chi connectivity index (χ1v) is 8.46. The highest BCUT2D eigenvalue weighted by Crippen LogP contribution is 2.43. The van der Waals surface area contributed by atoms with Crippen LogP contribution < -0.4 is 5.32 Å². The maximum Gasteiger partial charge on any atom is 0.211 e. The summed E-state index contributed by atoms with van der Waals surface area (Å²) in [4.78, 5) is 0.672. The van der Waals surface area contributed by atoms with Gasteiger partial charge < -0.3 is 5.32 Å². The molecule has 0 saturated heterocycles. The van der Waals surface area contributed by atoms with Crippen molar-refractivity contribution in [3.05, 3.63) is 72.8 Å². The van der Waals surface area contributed by atoms with Crippen molar-refractivity contribution in [1.29, 1.82) is 0 Å². The summed E-state index contributed by atoms with van der Waals surface area (Å²) in [5.74, 6) is 0. The van der Waals surface area contributed by atoms with E-state index in [1.807, 2.05) is 48.5 Å². The maximum absolute atomic E-state index is 13.0. The van der Waals surface area contributed by atoms with E-state index in [-0.39, 0.29) is 0 Å². The van der Waals surface area contributed by atoms with Gasteiger partial charge in [-0.05, 0) is 23.8 Å². The average Bonchev–Trinajstić information content (AvgIpc) is 2.55. The zero-order valence-corrected chi connectivity index (χ0v) is 12.5. The van der Waals surface area contributed by atoms with Crippen LogP contribution in [-0.2, 0) is 9.84 Å². The van der Waals surface area contributed by atoms with E-state index in [1.54, 1.807) is 24.3 Å². The minimum absolute atomic E-state index is 0.325. The van der Waals surface area contributed by atoms with Gasteiger partial charge in [0.25, 0.3) is 0 Å². The van der Waals surface area contributed by atoms with Crippen molar-refractivity contribution in [1.82, 2.24) is 0 Å². The van der Waals surface area contributed by atoms with E-state index in [4.69, 9.17) is 0 Å². The molecule has 4 rings (SSSR count). The fourth-order valence-corrected chi connectivity index (χ4v) is 4.60. The van der Waals surface area contributed by atoms with E-state index in [2.05, 4.69) is 5.32 Å². The van der Waals surface area contributed by atoms with E-state index in [0.717, 1.165) is 11.1 Å². The highest BCUT2D eigenvalue weighted by atomic mass is 32.2. The Labute approximate surface area is 129 Å². The number of anilines is 2. The van der Waals surface area contributed by atoms with Crippen LogP contribution >= 0.6 is 0 Å². The second-order valence-electron chi connectivity index (χ2n) is 5.17. The molecule has 0 spiro atoms. The normalized spacial score (nSPS) is 14.5. The summed E-state index contributed by atoms with van der Waals surface area (Å²) in [6.07, 6.45) is 0.